The van der Waals surface area contributed by atoms with Gasteiger partial charge in [0, 0.05) is 13.0 Å². The van der Waals surface area contributed by atoms with E-state index in [0.717, 1.165) is 5.75 Å². The Morgan fingerprint density at radius 3 is 2.21 bits per heavy atom. The third kappa shape index (κ3) is 9.80. The molecule has 1 rings (SSSR count). The van der Waals surface area contributed by atoms with Gasteiger partial charge in [0.05, 0.1) is 6.04 Å². The molecule has 0 spiro atoms. The summed E-state index contributed by atoms with van der Waals surface area (Å²) in [6.07, 6.45) is 4.87. The van der Waals surface area contributed by atoms with E-state index in [1.54, 1.807) is 11.8 Å². The average Bonchev–Trinajstić information content (AvgIpc) is 3.26. The lowest BCUT2D eigenvalue weighted by atomic mass is 10.1. The summed E-state index contributed by atoms with van der Waals surface area (Å²) < 4.78 is 0. The number of carbonyl (C=O) groups is 5. The summed E-state index contributed by atoms with van der Waals surface area (Å²) in [5.74, 6) is -2.78. The molecule has 6 N–H and O–H groups in total. The summed E-state index contributed by atoms with van der Waals surface area (Å²) in [6, 6.07) is -3.85. The highest BCUT2D eigenvalue weighted by Crippen LogP contribution is 2.20. The van der Waals surface area contributed by atoms with Crippen LogP contribution in [0.15, 0.2) is 0 Å². The molecule has 4 atom stereocenters. The van der Waals surface area contributed by atoms with Gasteiger partial charge >= 0.3 is 11.9 Å². The average molecular weight is 507 g/mol. The normalized spacial score (nSPS) is 18.3. The van der Waals surface area contributed by atoms with Crippen molar-refractivity contribution in [3.8, 4) is 0 Å². The van der Waals surface area contributed by atoms with Crippen molar-refractivity contribution in [2.24, 2.45) is 5.73 Å². The minimum atomic E-state index is -1.39. The first kappa shape index (κ1) is 29.0. The maximum Gasteiger partial charge on any atom is 0.326 e. The number of carboxylic acid groups (broad SMARTS) is 2. The first-order chi connectivity index (χ1) is 15.6. The van der Waals surface area contributed by atoms with Crippen LogP contribution in [0.2, 0.25) is 0 Å². The summed E-state index contributed by atoms with van der Waals surface area (Å²) in [4.78, 5) is 62.1. The van der Waals surface area contributed by atoms with Crippen LogP contribution in [0.3, 0.4) is 0 Å². The van der Waals surface area contributed by atoms with Crippen molar-refractivity contribution in [3.05, 3.63) is 0 Å². The van der Waals surface area contributed by atoms with E-state index >= 15 is 0 Å². The van der Waals surface area contributed by atoms with Gasteiger partial charge in [0.2, 0.25) is 17.7 Å². The lowest BCUT2D eigenvalue weighted by Crippen LogP contribution is -2.56. The minimum absolute atomic E-state index is 0.248. The fourth-order valence-corrected chi connectivity index (χ4v) is 4.42. The van der Waals surface area contributed by atoms with Gasteiger partial charge in [-0.2, -0.15) is 23.5 Å². The Hall–Kier alpha value is -1.99. The van der Waals surface area contributed by atoms with Crippen molar-refractivity contribution < 1.29 is 34.2 Å². The molecule has 0 aliphatic carbocycles. The molecule has 1 saturated heterocycles. The van der Waals surface area contributed by atoms with Crippen molar-refractivity contribution in [1.29, 1.82) is 0 Å². The second kappa shape index (κ2) is 15.0. The zero-order chi connectivity index (χ0) is 25.0. The zero-order valence-electron chi connectivity index (χ0n) is 19.0. The number of thioether (sulfide) groups is 2. The van der Waals surface area contributed by atoms with E-state index in [1.165, 1.54) is 16.7 Å². The molecule has 33 heavy (non-hydrogen) atoms. The lowest BCUT2D eigenvalue weighted by molar-refractivity contribution is -0.144. The number of hydrogen-bond donors (Lipinski definition) is 5. The molecule has 11 nitrogen and oxygen atoms in total. The molecule has 0 aromatic carbocycles. The van der Waals surface area contributed by atoms with Crippen LogP contribution in [0.1, 0.15) is 38.5 Å². The monoisotopic (exact) mass is 506 g/mol. The molecule has 1 aliphatic heterocycles. The maximum atomic E-state index is 13.0. The number of rotatable bonds is 15. The van der Waals surface area contributed by atoms with Crippen LogP contribution in [-0.2, 0) is 24.0 Å². The molecule has 1 aliphatic rings. The van der Waals surface area contributed by atoms with Crippen molar-refractivity contribution in [2.75, 3.05) is 30.6 Å². The molecular formula is C20H34N4O7S2. The van der Waals surface area contributed by atoms with Crippen LogP contribution in [0.25, 0.3) is 0 Å². The molecule has 0 bridgehead atoms. The Kier molecular flexibility index (Phi) is 13.2. The third-order valence-corrected chi connectivity index (χ3v) is 6.58. The van der Waals surface area contributed by atoms with Crippen LogP contribution in [0.4, 0.5) is 0 Å². The molecule has 4 unspecified atom stereocenters. The molecule has 1 fully saturated rings. The Morgan fingerprint density at radius 1 is 1.00 bits per heavy atom. The third-order valence-electron chi connectivity index (χ3n) is 5.29. The Balaban J connectivity index is 2.86. The van der Waals surface area contributed by atoms with Crippen LogP contribution < -0.4 is 16.4 Å². The molecule has 1 heterocycles. The molecule has 3 amide bonds. The summed E-state index contributed by atoms with van der Waals surface area (Å²) >= 11 is 3.03. The van der Waals surface area contributed by atoms with E-state index in [4.69, 9.17) is 10.8 Å². The Morgan fingerprint density at radius 2 is 1.64 bits per heavy atom. The predicted octanol–water partition coefficient (Wildman–Crippen LogP) is -0.270. The number of nitrogens with one attached hydrogen (secondary N) is 2. The molecule has 13 heteroatoms. The molecule has 0 saturated carbocycles. The number of likely N-dealkylation sites (tertiary alicyclic amines) is 1. The number of aliphatic carboxylic acids is 2. The van der Waals surface area contributed by atoms with Gasteiger partial charge in [-0.25, -0.2) is 4.79 Å². The molecule has 0 radical (unpaired) electrons. The number of carbonyl (C=O) groups excluding carboxylic acids is 3. The van der Waals surface area contributed by atoms with Gasteiger partial charge < -0.3 is 31.5 Å². The lowest BCUT2D eigenvalue weighted by Gasteiger charge is -2.28. The van der Waals surface area contributed by atoms with Crippen LogP contribution >= 0.6 is 23.5 Å². The van der Waals surface area contributed by atoms with E-state index in [9.17, 15) is 29.1 Å². The van der Waals surface area contributed by atoms with E-state index in [-0.39, 0.29) is 18.7 Å². The maximum absolute atomic E-state index is 13.0. The Labute approximate surface area is 202 Å². The second-order valence-electron chi connectivity index (χ2n) is 7.75. The van der Waals surface area contributed by atoms with Gasteiger partial charge in [-0.3, -0.25) is 19.2 Å². The molecule has 0 aromatic heterocycles. The standard InChI is InChI=1S/C20H34N4O7S2/c1-32-10-7-12(21)19(29)24-9-3-4-15(24)18(28)22-13(8-11-33-2)17(27)23-14(20(30)31)5-6-16(25)26/h12-15H,3-11,21H2,1-2H3,(H,22,28)(H,23,27)(H,25,26)(H,30,31). The van der Waals surface area contributed by atoms with Gasteiger partial charge in [-0.1, -0.05) is 0 Å². The first-order valence-electron chi connectivity index (χ1n) is 10.7. The predicted molar refractivity (Wildman–Crippen MR) is 127 cm³/mol. The second-order valence-corrected chi connectivity index (χ2v) is 9.72. The van der Waals surface area contributed by atoms with Gasteiger partial charge in [0.15, 0.2) is 0 Å². The van der Waals surface area contributed by atoms with Crippen molar-refractivity contribution in [1.82, 2.24) is 15.5 Å². The fourth-order valence-electron chi connectivity index (χ4n) is 3.45. The van der Waals surface area contributed by atoms with Gasteiger partial charge in [-0.15, -0.1) is 0 Å². The summed E-state index contributed by atoms with van der Waals surface area (Å²) in [5.41, 5.74) is 5.99. The number of amides is 3. The fraction of sp³-hybridized carbons (Fsp3) is 0.750. The van der Waals surface area contributed by atoms with E-state index < -0.39 is 54.3 Å². The summed E-state index contributed by atoms with van der Waals surface area (Å²) in [5, 5.41) is 23.1. The summed E-state index contributed by atoms with van der Waals surface area (Å²) in [7, 11) is 0. The van der Waals surface area contributed by atoms with Gasteiger partial charge in [0.1, 0.15) is 18.1 Å². The minimum Gasteiger partial charge on any atom is -0.481 e. The van der Waals surface area contributed by atoms with Crippen LogP contribution in [0, 0.1) is 0 Å². The van der Waals surface area contributed by atoms with Crippen LogP contribution in [-0.4, -0.2) is 99.5 Å². The van der Waals surface area contributed by atoms with E-state index in [2.05, 4.69) is 10.6 Å². The quantitative estimate of drug-likeness (QED) is 0.198. The van der Waals surface area contributed by atoms with Crippen LogP contribution in [0.5, 0.6) is 0 Å². The van der Waals surface area contributed by atoms with Gasteiger partial charge in [0.25, 0.3) is 0 Å². The van der Waals surface area contributed by atoms with Crippen molar-refractivity contribution in [2.45, 2.75) is 62.7 Å². The number of carboxylic acids is 2. The van der Waals surface area contributed by atoms with Crippen molar-refractivity contribution in [3.63, 3.8) is 0 Å². The summed E-state index contributed by atoms with van der Waals surface area (Å²) in [6.45, 7) is 0.405. The van der Waals surface area contributed by atoms with Crippen molar-refractivity contribution >= 4 is 53.2 Å². The zero-order valence-corrected chi connectivity index (χ0v) is 20.6. The SMILES string of the molecule is CSCCC(N)C(=O)N1CCCC1C(=O)NC(CCSC)C(=O)NC(CCC(=O)O)C(=O)O. The van der Waals surface area contributed by atoms with E-state index in [1.807, 2.05) is 12.5 Å². The molecule has 188 valence electrons. The Bertz CT molecular complexity index is 710. The topological polar surface area (TPSA) is 179 Å². The number of nitrogens with zero attached hydrogens (tertiary/aromatic N) is 1. The van der Waals surface area contributed by atoms with E-state index in [0.29, 0.717) is 31.6 Å². The molecular weight excluding hydrogens is 472 g/mol. The number of nitrogens with two attached hydrogens (primary N) is 1. The largest absolute Gasteiger partial charge is 0.481 e. The highest BCUT2D eigenvalue weighted by Gasteiger charge is 2.37. The first-order valence-corrected chi connectivity index (χ1v) is 13.5. The van der Waals surface area contributed by atoms with Gasteiger partial charge in [-0.05, 0) is 56.1 Å². The smallest absolute Gasteiger partial charge is 0.326 e. The highest BCUT2D eigenvalue weighted by molar-refractivity contribution is 7.98. The highest BCUT2D eigenvalue weighted by atomic mass is 32.2. The molecule has 0 aromatic rings. The number of hydrogen-bond acceptors (Lipinski definition) is 8.